The van der Waals surface area contributed by atoms with Crippen LogP contribution in [0.15, 0.2) is 6.20 Å². The highest BCUT2D eigenvalue weighted by Crippen LogP contribution is 2.01. The molecule has 0 aromatic carbocycles. The van der Waals surface area contributed by atoms with E-state index in [1.54, 1.807) is 0 Å². The van der Waals surface area contributed by atoms with Gasteiger partial charge in [-0.1, -0.05) is 13.8 Å². The number of nitrogens with one attached hydrogen (secondary N) is 1. The molecule has 0 amide bonds. The second-order valence-electron chi connectivity index (χ2n) is 3.23. The van der Waals surface area contributed by atoms with E-state index in [1.807, 2.05) is 17.8 Å². The topological polar surface area (TPSA) is 55.9 Å². The van der Waals surface area contributed by atoms with Crippen molar-refractivity contribution in [3.8, 4) is 0 Å². The van der Waals surface area contributed by atoms with Crippen LogP contribution in [0.1, 0.15) is 19.7 Å². The third kappa shape index (κ3) is 2.23. The first kappa shape index (κ1) is 9.06. The lowest BCUT2D eigenvalue weighted by atomic mass is 10.4. The van der Waals surface area contributed by atoms with E-state index < -0.39 is 0 Å². The zero-order valence-electron chi connectivity index (χ0n) is 7.83. The van der Waals surface area contributed by atoms with Crippen molar-refractivity contribution in [2.45, 2.75) is 26.4 Å². The third-order valence-electron chi connectivity index (χ3n) is 1.66. The van der Waals surface area contributed by atoms with Gasteiger partial charge in [-0.05, 0) is 0 Å². The molecular weight excluding hydrogens is 152 g/mol. The van der Waals surface area contributed by atoms with Crippen molar-refractivity contribution in [1.29, 1.82) is 0 Å². The summed E-state index contributed by atoms with van der Waals surface area (Å²) in [6, 6.07) is 0.475. The Kier molecular flexibility index (Phi) is 2.70. The van der Waals surface area contributed by atoms with E-state index >= 15 is 0 Å². The molecule has 0 saturated heterocycles. The van der Waals surface area contributed by atoms with Crippen molar-refractivity contribution in [3.05, 3.63) is 12.0 Å². The fourth-order valence-electron chi connectivity index (χ4n) is 0.989. The molecule has 68 valence electrons. The van der Waals surface area contributed by atoms with Crippen molar-refractivity contribution in [2.75, 3.05) is 5.73 Å². The van der Waals surface area contributed by atoms with Gasteiger partial charge in [-0.15, -0.1) is 0 Å². The number of imidazole rings is 1. The predicted molar refractivity (Wildman–Crippen MR) is 49.6 cm³/mol. The second-order valence-corrected chi connectivity index (χ2v) is 3.23. The zero-order chi connectivity index (χ0) is 9.14. The van der Waals surface area contributed by atoms with Crippen LogP contribution in [0.3, 0.4) is 0 Å². The first-order valence-electron chi connectivity index (χ1n) is 4.10. The highest BCUT2D eigenvalue weighted by Gasteiger charge is 2.02. The third-order valence-corrected chi connectivity index (χ3v) is 1.66. The highest BCUT2D eigenvalue weighted by molar-refractivity contribution is 5.25. The normalized spacial score (nSPS) is 11.0. The van der Waals surface area contributed by atoms with E-state index in [9.17, 15) is 0 Å². The summed E-state index contributed by atoms with van der Waals surface area (Å²) < 4.78 is 1.94. The minimum absolute atomic E-state index is 0.475. The second kappa shape index (κ2) is 3.58. The van der Waals surface area contributed by atoms with Crippen LogP contribution in [0, 0.1) is 0 Å². The van der Waals surface area contributed by atoms with Gasteiger partial charge in [0.1, 0.15) is 11.6 Å². The van der Waals surface area contributed by atoms with Crippen LogP contribution in [0.4, 0.5) is 5.82 Å². The maximum absolute atomic E-state index is 5.53. The molecule has 4 heteroatoms. The van der Waals surface area contributed by atoms with Gasteiger partial charge in [0.2, 0.25) is 0 Å². The molecule has 1 rings (SSSR count). The Morgan fingerprint density at radius 2 is 2.33 bits per heavy atom. The monoisotopic (exact) mass is 168 g/mol. The van der Waals surface area contributed by atoms with Crippen molar-refractivity contribution in [2.24, 2.45) is 7.05 Å². The molecule has 3 N–H and O–H groups in total. The average Bonchev–Trinajstić information content (AvgIpc) is 2.26. The van der Waals surface area contributed by atoms with Gasteiger partial charge in [0.15, 0.2) is 0 Å². The first-order chi connectivity index (χ1) is 5.59. The molecule has 0 aliphatic rings. The Hall–Kier alpha value is -1.03. The summed E-state index contributed by atoms with van der Waals surface area (Å²) in [6.07, 6.45) is 1.82. The summed E-state index contributed by atoms with van der Waals surface area (Å²) >= 11 is 0. The van der Waals surface area contributed by atoms with Crippen molar-refractivity contribution in [1.82, 2.24) is 14.9 Å². The predicted octanol–water partition coefficient (Wildman–Crippen LogP) is 0.500. The molecule has 1 aromatic heterocycles. The highest BCUT2D eigenvalue weighted by atomic mass is 15.1. The van der Waals surface area contributed by atoms with Crippen molar-refractivity contribution < 1.29 is 0 Å². The van der Waals surface area contributed by atoms with Gasteiger partial charge in [0.25, 0.3) is 0 Å². The van der Waals surface area contributed by atoms with Crippen LogP contribution in [0.2, 0.25) is 0 Å². The summed E-state index contributed by atoms with van der Waals surface area (Å²) in [7, 11) is 1.95. The SMILES string of the molecule is CC(C)NCc1nc(N)cn1C. The maximum Gasteiger partial charge on any atom is 0.141 e. The molecule has 0 spiro atoms. The summed E-state index contributed by atoms with van der Waals surface area (Å²) in [6.45, 7) is 4.98. The lowest BCUT2D eigenvalue weighted by molar-refractivity contribution is 0.561. The number of hydrogen-bond donors (Lipinski definition) is 2. The van der Waals surface area contributed by atoms with Gasteiger partial charge >= 0.3 is 0 Å². The van der Waals surface area contributed by atoms with Gasteiger partial charge in [0.05, 0.1) is 6.54 Å². The Bertz CT molecular complexity index is 252. The molecule has 0 unspecified atom stereocenters. The molecule has 0 aliphatic carbocycles. The molecule has 0 atom stereocenters. The molecule has 0 radical (unpaired) electrons. The fourth-order valence-corrected chi connectivity index (χ4v) is 0.989. The Labute approximate surface area is 72.8 Å². The van der Waals surface area contributed by atoms with Crippen LogP contribution < -0.4 is 11.1 Å². The molecule has 0 fully saturated rings. The Balaban J connectivity index is 2.57. The number of hydrogen-bond acceptors (Lipinski definition) is 3. The maximum atomic E-state index is 5.53. The van der Waals surface area contributed by atoms with Gasteiger partial charge < -0.3 is 15.6 Å². The minimum atomic E-state index is 0.475. The number of aromatic nitrogens is 2. The van der Waals surface area contributed by atoms with Gasteiger partial charge in [-0.25, -0.2) is 4.98 Å². The molecule has 1 heterocycles. The first-order valence-corrected chi connectivity index (χ1v) is 4.10. The number of aryl methyl sites for hydroxylation is 1. The molecular formula is C8H16N4. The lowest BCUT2D eigenvalue weighted by Crippen LogP contribution is -2.23. The van der Waals surface area contributed by atoms with Gasteiger partial charge in [-0.3, -0.25) is 0 Å². The lowest BCUT2D eigenvalue weighted by Gasteiger charge is -2.06. The van der Waals surface area contributed by atoms with Gasteiger partial charge in [-0.2, -0.15) is 0 Å². The summed E-state index contributed by atoms with van der Waals surface area (Å²) in [4.78, 5) is 4.16. The Morgan fingerprint density at radius 1 is 1.67 bits per heavy atom. The van der Waals surface area contributed by atoms with Crippen molar-refractivity contribution >= 4 is 5.82 Å². The van der Waals surface area contributed by atoms with E-state index in [0.717, 1.165) is 12.4 Å². The Morgan fingerprint density at radius 3 is 2.75 bits per heavy atom. The van der Waals surface area contributed by atoms with Crippen LogP contribution in [-0.2, 0) is 13.6 Å². The number of anilines is 1. The molecule has 0 bridgehead atoms. The number of nitrogens with zero attached hydrogens (tertiary/aromatic N) is 2. The molecule has 4 nitrogen and oxygen atoms in total. The number of rotatable bonds is 3. The van der Waals surface area contributed by atoms with Crippen LogP contribution >= 0.6 is 0 Å². The number of nitrogen functional groups attached to an aromatic ring is 1. The quantitative estimate of drug-likeness (QED) is 0.691. The van der Waals surface area contributed by atoms with E-state index in [4.69, 9.17) is 5.73 Å². The standard InChI is InChI=1S/C8H16N4/c1-6(2)10-4-8-11-7(9)5-12(8)3/h5-6,10H,4,9H2,1-3H3. The van der Waals surface area contributed by atoms with Crippen LogP contribution in [0.25, 0.3) is 0 Å². The molecule has 0 saturated carbocycles. The van der Waals surface area contributed by atoms with Crippen LogP contribution in [-0.4, -0.2) is 15.6 Å². The van der Waals surface area contributed by atoms with E-state index in [0.29, 0.717) is 11.9 Å². The van der Waals surface area contributed by atoms with Crippen molar-refractivity contribution in [3.63, 3.8) is 0 Å². The van der Waals surface area contributed by atoms with E-state index in [1.165, 1.54) is 0 Å². The summed E-state index contributed by atoms with van der Waals surface area (Å²) in [5.41, 5.74) is 5.53. The summed E-state index contributed by atoms with van der Waals surface area (Å²) in [5, 5.41) is 3.28. The van der Waals surface area contributed by atoms with Gasteiger partial charge in [0, 0.05) is 19.3 Å². The largest absolute Gasteiger partial charge is 0.382 e. The van der Waals surface area contributed by atoms with E-state index in [-0.39, 0.29) is 0 Å². The molecule has 12 heavy (non-hydrogen) atoms. The summed E-state index contributed by atoms with van der Waals surface area (Å²) in [5.74, 6) is 1.55. The minimum Gasteiger partial charge on any atom is -0.382 e. The molecule has 0 aliphatic heterocycles. The smallest absolute Gasteiger partial charge is 0.141 e. The van der Waals surface area contributed by atoms with E-state index in [2.05, 4.69) is 24.1 Å². The molecule has 1 aromatic rings. The zero-order valence-corrected chi connectivity index (χ0v) is 7.83. The number of nitrogens with two attached hydrogens (primary N) is 1. The fraction of sp³-hybridized carbons (Fsp3) is 0.625. The average molecular weight is 168 g/mol. The van der Waals surface area contributed by atoms with Crippen LogP contribution in [0.5, 0.6) is 0 Å².